The van der Waals surface area contributed by atoms with Crippen molar-refractivity contribution in [3.8, 4) is 0 Å². The number of carbonyl (C=O) groups excluding carboxylic acids is 1. The van der Waals surface area contributed by atoms with Crippen LogP contribution in [0.15, 0.2) is 0 Å². The first-order chi connectivity index (χ1) is 2.94. The first kappa shape index (κ1) is 6.38. The highest BCUT2D eigenvalue weighted by atomic mass is 32.2. The maximum Gasteiger partial charge on any atom is 0.495 e. The summed E-state index contributed by atoms with van der Waals surface area (Å²) in [6.07, 6.45) is 0. The van der Waals surface area contributed by atoms with Gasteiger partial charge in [0, 0.05) is 0 Å². The van der Waals surface area contributed by atoms with Crippen LogP contribution in [0.3, 0.4) is 0 Å². The van der Waals surface area contributed by atoms with Crippen LogP contribution in [0.4, 0.5) is 4.79 Å². The highest BCUT2D eigenvalue weighted by Gasteiger charge is 2.17. The summed E-state index contributed by atoms with van der Waals surface area (Å²) in [5.41, 5.74) is 0. The van der Waals surface area contributed by atoms with E-state index in [2.05, 4.69) is 0 Å². The molecule has 0 aromatic rings. The predicted octanol–water partition coefficient (Wildman–Crippen LogP) is -0.575. The predicted molar refractivity (Wildman–Crippen MR) is 17.6 cm³/mol. The van der Waals surface area contributed by atoms with Crippen LogP contribution < -0.4 is 0 Å². The highest BCUT2D eigenvalue weighted by Crippen LogP contribution is 1.80. The fraction of sp³-hybridized carbons (Fsp3) is 0. The van der Waals surface area contributed by atoms with Crippen molar-refractivity contribution in [2.75, 3.05) is 0 Å². The molecule has 5 nitrogen and oxygen atoms in total. The fourth-order valence-corrected chi connectivity index (χ4v) is 0. The Balaban J connectivity index is 4.43. The van der Waals surface area contributed by atoms with E-state index in [-0.39, 0.29) is 0 Å². The van der Waals surface area contributed by atoms with Crippen molar-refractivity contribution in [2.45, 2.75) is 0 Å². The monoisotopic (exact) mass is 125 g/mol. The average molecular weight is 125 g/mol. The molecular formula is CHO5S. The molecule has 0 aromatic heterocycles. The molecule has 0 bridgehead atoms. The summed E-state index contributed by atoms with van der Waals surface area (Å²) in [5, 5.41) is 6.59. The molecule has 0 rings (SSSR count). The quantitative estimate of drug-likeness (QED) is 0.438. The Morgan fingerprint density at radius 2 is 1.57 bits per heavy atom. The molecule has 0 aromatic carbocycles. The van der Waals surface area contributed by atoms with E-state index >= 15 is 0 Å². The molecule has 0 fully saturated rings. The molecular weight excluding hydrogens is 124 g/mol. The average Bonchev–Trinajstić information content (AvgIpc) is 1.31. The Kier molecular flexibility index (Phi) is 1.34. The molecule has 1 N–H and O–H groups in total. The molecule has 0 unspecified atom stereocenters. The first-order valence-corrected chi connectivity index (χ1v) is 2.57. The lowest BCUT2D eigenvalue weighted by atomic mass is 11.6. The smallest absolute Gasteiger partial charge is 0.277 e. The van der Waals surface area contributed by atoms with Crippen molar-refractivity contribution in [1.29, 1.82) is 0 Å². The van der Waals surface area contributed by atoms with Crippen LogP contribution in [-0.2, 0) is 15.2 Å². The number of hydrogen-bond acceptors (Lipinski definition) is 3. The van der Waals surface area contributed by atoms with Gasteiger partial charge in [0.05, 0.1) is 0 Å². The van der Waals surface area contributed by atoms with Crippen molar-refractivity contribution >= 4 is 15.4 Å². The normalized spacial score (nSPS) is 11.0. The molecule has 41 valence electrons. The fourth-order valence-electron chi connectivity index (χ4n) is 0. The maximum absolute atomic E-state index is 9.22. The van der Waals surface area contributed by atoms with Crippen LogP contribution in [0.25, 0.3) is 0 Å². The summed E-state index contributed by atoms with van der Waals surface area (Å²) < 4.78 is 25.9. The molecule has 0 atom stereocenters. The van der Waals surface area contributed by atoms with Gasteiger partial charge in [-0.1, -0.05) is 0 Å². The standard InChI is InChI=1S/CHO5S/c2-1(3)7(4,5)6/h(H,4,5,6). The van der Waals surface area contributed by atoms with Crippen LogP contribution in [0.5, 0.6) is 0 Å². The zero-order valence-corrected chi connectivity index (χ0v) is 3.80. The number of hydrogen-bond donors (Lipinski definition) is 1. The molecule has 0 heterocycles. The van der Waals surface area contributed by atoms with Crippen molar-refractivity contribution < 1.29 is 22.9 Å². The second-order valence-corrected chi connectivity index (χ2v) is 2.01. The van der Waals surface area contributed by atoms with Crippen LogP contribution in [0.1, 0.15) is 0 Å². The van der Waals surface area contributed by atoms with E-state index in [0.717, 1.165) is 0 Å². The second kappa shape index (κ2) is 1.47. The summed E-state index contributed by atoms with van der Waals surface area (Å²) in [6.45, 7) is 0. The molecule has 7 heavy (non-hydrogen) atoms. The Morgan fingerprint density at radius 1 is 1.43 bits per heavy atom. The summed E-state index contributed by atoms with van der Waals surface area (Å²) >= 11 is 0. The third-order valence-corrected chi connectivity index (χ3v) is 0.632. The molecule has 6 heteroatoms. The van der Waals surface area contributed by atoms with E-state index < -0.39 is 15.4 Å². The van der Waals surface area contributed by atoms with Gasteiger partial charge in [-0.2, -0.15) is 8.42 Å². The third kappa shape index (κ3) is 2.12. The minimum atomic E-state index is -4.94. The van der Waals surface area contributed by atoms with Gasteiger partial charge < -0.3 is 0 Å². The minimum Gasteiger partial charge on any atom is -0.277 e. The van der Waals surface area contributed by atoms with Crippen LogP contribution >= 0.6 is 0 Å². The Hall–Kier alpha value is -0.620. The van der Waals surface area contributed by atoms with Gasteiger partial charge in [-0.05, 0) is 0 Å². The molecule has 0 amide bonds. The van der Waals surface area contributed by atoms with E-state index in [9.17, 15) is 8.42 Å². The SMILES string of the molecule is [O]C(=O)S(=O)(=O)O. The molecule has 0 aliphatic carbocycles. The van der Waals surface area contributed by atoms with Gasteiger partial charge in [-0.3, -0.25) is 4.55 Å². The van der Waals surface area contributed by atoms with Crippen LogP contribution in [0, 0.1) is 0 Å². The Labute approximate surface area is 39.3 Å². The highest BCUT2D eigenvalue weighted by molar-refractivity contribution is 8.00. The summed E-state index contributed by atoms with van der Waals surface area (Å²) in [6, 6.07) is 0. The van der Waals surface area contributed by atoms with Gasteiger partial charge >= 0.3 is 15.4 Å². The maximum atomic E-state index is 9.22. The summed E-state index contributed by atoms with van der Waals surface area (Å²) in [4.78, 5) is 9.07. The van der Waals surface area contributed by atoms with Crippen molar-refractivity contribution in [1.82, 2.24) is 0 Å². The van der Waals surface area contributed by atoms with E-state index in [1.165, 1.54) is 0 Å². The first-order valence-electron chi connectivity index (χ1n) is 1.13. The molecule has 0 saturated heterocycles. The molecule has 0 saturated carbocycles. The Bertz CT molecular complexity index is 163. The van der Waals surface area contributed by atoms with E-state index in [1.54, 1.807) is 0 Å². The van der Waals surface area contributed by atoms with Gasteiger partial charge in [0.1, 0.15) is 0 Å². The van der Waals surface area contributed by atoms with E-state index in [4.69, 9.17) is 14.5 Å². The van der Waals surface area contributed by atoms with Gasteiger partial charge in [0.25, 0.3) is 0 Å². The van der Waals surface area contributed by atoms with Gasteiger partial charge in [-0.15, -0.1) is 0 Å². The van der Waals surface area contributed by atoms with Crippen molar-refractivity contribution in [3.05, 3.63) is 0 Å². The largest absolute Gasteiger partial charge is 0.495 e. The summed E-state index contributed by atoms with van der Waals surface area (Å²) in [5.74, 6) is 0. The topological polar surface area (TPSA) is 91.3 Å². The molecule has 1 radical (unpaired) electrons. The lowest BCUT2D eigenvalue weighted by molar-refractivity contribution is 0.192. The summed E-state index contributed by atoms with van der Waals surface area (Å²) in [7, 11) is -4.94. The van der Waals surface area contributed by atoms with Crippen LogP contribution in [-0.4, -0.2) is 18.3 Å². The van der Waals surface area contributed by atoms with Crippen LogP contribution in [0.2, 0.25) is 0 Å². The Morgan fingerprint density at radius 3 is 1.57 bits per heavy atom. The van der Waals surface area contributed by atoms with Gasteiger partial charge in [0.2, 0.25) is 0 Å². The zero-order valence-electron chi connectivity index (χ0n) is 2.99. The van der Waals surface area contributed by atoms with Gasteiger partial charge in [0.15, 0.2) is 0 Å². The van der Waals surface area contributed by atoms with E-state index in [1.807, 2.05) is 0 Å². The minimum absolute atomic E-state index is 2.48. The van der Waals surface area contributed by atoms with Crippen molar-refractivity contribution in [2.24, 2.45) is 0 Å². The zero-order chi connectivity index (χ0) is 6.08. The lowest BCUT2D eigenvalue weighted by Crippen LogP contribution is -2.07. The number of carbonyl (C=O) groups is 1. The van der Waals surface area contributed by atoms with Crippen molar-refractivity contribution in [3.63, 3.8) is 0 Å². The molecule has 0 spiro atoms. The lowest BCUT2D eigenvalue weighted by Gasteiger charge is -1.75. The van der Waals surface area contributed by atoms with E-state index in [0.29, 0.717) is 0 Å². The molecule has 0 aliphatic rings. The van der Waals surface area contributed by atoms with Gasteiger partial charge in [-0.25, -0.2) is 9.90 Å². The third-order valence-electron chi connectivity index (χ3n) is 0.211. The second-order valence-electron chi connectivity index (χ2n) is 0.725. The number of rotatable bonds is 0. The molecule has 0 aliphatic heterocycles.